The normalized spacial score (nSPS) is 14.7. The third-order valence-electron chi connectivity index (χ3n) is 5.37. The number of nitrogens with zero attached hydrogens (tertiary/aromatic N) is 3. The smallest absolute Gasteiger partial charge is 0.307 e. The average molecular weight is 517 g/mol. The maximum Gasteiger partial charge on any atom is 0.307 e. The molecule has 1 aliphatic heterocycles. The predicted octanol–water partition coefficient (Wildman–Crippen LogP) is 1.31. The number of carbonyl (C=O) groups excluding carboxylic acids is 4. The summed E-state index contributed by atoms with van der Waals surface area (Å²) in [5.74, 6) is -1.65. The number of aryl methyl sites for hydroxylation is 1. The Kier molecular flexibility index (Phi) is 6.65. The van der Waals surface area contributed by atoms with Gasteiger partial charge in [0.15, 0.2) is 4.80 Å². The van der Waals surface area contributed by atoms with Crippen molar-refractivity contribution in [1.82, 2.24) is 4.57 Å². The van der Waals surface area contributed by atoms with Gasteiger partial charge in [0.05, 0.1) is 34.3 Å². The van der Waals surface area contributed by atoms with E-state index in [1.807, 2.05) is 0 Å². The van der Waals surface area contributed by atoms with E-state index in [1.165, 1.54) is 49.6 Å². The molecule has 0 saturated carbocycles. The molecule has 1 aromatic heterocycles. The Morgan fingerprint density at radius 1 is 1.09 bits per heavy atom. The molecule has 1 fully saturated rings. The van der Waals surface area contributed by atoms with E-state index in [9.17, 15) is 27.6 Å². The largest absolute Gasteiger partial charge is 0.469 e. The molecule has 0 bridgehead atoms. The number of primary sulfonamides is 1. The number of esters is 1. The molecule has 182 valence electrons. The Labute approximate surface area is 203 Å². The summed E-state index contributed by atoms with van der Waals surface area (Å²) >= 11 is 1.07. The highest BCUT2D eigenvalue weighted by Crippen LogP contribution is 2.24. The number of anilines is 1. The number of aromatic nitrogens is 1. The second-order valence-corrected chi connectivity index (χ2v) is 10.2. The molecule has 2 heterocycles. The summed E-state index contributed by atoms with van der Waals surface area (Å²) in [6.07, 6.45) is 0.312. The van der Waals surface area contributed by atoms with Crippen molar-refractivity contribution in [1.29, 1.82) is 0 Å². The molecule has 3 amide bonds. The molecular weight excluding hydrogens is 496 g/mol. The Morgan fingerprint density at radius 3 is 2.34 bits per heavy atom. The molecular formula is C22H20N4O7S2. The fourth-order valence-corrected chi connectivity index (χ4v) is 5.31. The van der Waals surface area contributed by atoms with Crippen molar-refractivity contribution < 1.29 is 32.3 Å². The molecule has 1 aliphatic rings. The van der Waals surface area contributed by atoms with E-state index >= 15 is 0 Å². The lowest BCUT2D eigenvalue weighted by Gasteiger charge is -2.13. The van der Waals surface area contributed by atoms with Gasteiger partial charge in [0.2, 0.25) is 21.8 Å². The predicted molar refractivity (Wildman–Crippen MR) is 126 cm³/mol. The van der Waals surface area contributed by atoms with Gasteiger partial charge in [-0.3, -0.25) is 24.1 Å². The second-order valence-electron chi connectivity index (χ2n) is 7.62. The van der Waals surface area contributed by atoms with Crippen molar-refractivity contribution in [3.05, 3.63) is 52.8 Å². The first-order valence-electron chi connectivity index (χ1n) is 10.4. The zero-order valence-electron chi connectivity index (χ0n) is 18.5. The number of imide groups is 1. The van der Waals surface area contributed by atoms with Crippen LogP contribution in [-0.4, -0.2) is 43.8 Å². The van der Waals surface area contributed by atoms with E-state index in [2.05, 4.69) is 9.73 Å². The molecule has 2 aromatic carbocycles. The van der Waals surface area contributed by atoms with Crippen LogP contribution in [0.2, 0.25) is 0 Å². The maximum atomic E-state index is 12.9. The molecule has 3 aromatic rings. The molecule has 2 N–H and O–H groups in total. The number of hydrogen-bond acceptors (Lipinski definition) is 8. The van der Waals surface area contributed by atoms with E-state index in [-0.39, 0.29) is 52.9 Å². The molecule has 0 atom stereocenters. The number of rotatable bonds is 6. The minimum absolute atomic E-state index is 0.00718. The van der Waals surface area contributed by atoms with Crippen molar-refractivity contribution >= 4 is 61.0 Å². The van der Waals surface area contributed by atoms with Gasteiger partial charge in [-0.25, -0.2) is 13.6 Å². The van der Waals surface area contributed by atoms with Crippen LogP contribution in [-0.2, 0) is 35.7 Å². The van der Waals surface area contributed by atoms with Gasteiger partial charge in [0, 0.05) is 24.9 Å². The first kappa shape index (κ1) is 24.4. The molecule has 0 radical (unpaired) electrons. The average Bonchev–Trinajstić information content (AvgIpc) is 3.34. The summed E-state index contributed by atoms with van der Waals surface area (Å²) in [5.41, 5.74) is 1.16. The van der Waals surface area contributed by atoms with E-state index in [0.717, 1.165) is 16.2 Å². The van der Waals surface area contributed by atoms with Gasteiger partial charge in [-0.1, -0.05) is 11.3 Å². The van der Waals surface area contributed by atoms with Crippen LogP contribution < -0.4 is 14.8 Å². The van der Waals surface area contributed by atoms with Crippen LogP contribution in [0, 0.1) is 0 Å². The van der Waals surface area contributed by atoms with Gasteiger partial charge in [0.25, 0.3) is 5.91 Å². The highest BCUT2D eigenvalue weighted by atomic mass is 32.2. The van der Waals surface area contributed by atoms with Crippen LogP contribution >= 0.6 is 11.3 Å². The second kappa shape index (κ2) is 9.52. The van der Waals surface area contributed by atoms with Gasteiger partial charge in [-0.05, 0) is 42.5 Å². The topological polar surface area (TPSA) is 158 Å². The first-order chi connectivity index (χ1) is 16.6. The van der Waals surface area contributed by atoms with E-state index < -0.39 is 21.9 Å². The van der Waals surface area contributed by atoms with Crippen molar-refractivity contribution in [3.8, 4) is 0 Å². The monoisotopic (exact) mass is 516 g/mol. The number of carbonyl (C=O) groups is 4. The first-order valence-corrected chi connectivity index (χ1v) is 12.7. The fourth-order valence-electron chi connectivity index (χ4n) is 3.61. The van der Waals surface area contributed by atoms with Crippen molar-refractivity contribution in [2.75, 3.05) is 12.0 Å². The molecule has 0 unspecified atom stereocenters. The quantitative estimate of drug-likeness (QED) is 0.382. The Hall–Kier alpha value is -3.68. The Balaban J connectivity index is 1.72. The van der Waals surface area contributed by atoms with Crippen LogP contribution in [0.25, 0.3) is 10.2 Å². The summed E-state index contributed by atoms with van der Waals surface area (Å²) in [5, 5.41) is 5.23. The number of thiazole rings is 1. The number of ether oxygens (including phenoxy) is 1. The van der Waals surface area contributed by atoms with Crippen molar-refractivity contribution in [2.45, 2.75) is 30.7 Å². The summed E-state index contributed by atoms with van der Waals surface area (Å²) in [6, 6.07) is 10.2. The zero-order valence-corrected chi connectivity index (χ0v) is 20.1. The number of sulfonamides is 1. The van der Waals surface area contributed by atoms with Gasteiger partial charge < -0.3 is 9.30 Å². The maximum absolute atomic E-state index is 12.9. The number of nitrogens with two attached hydrogens (primary N) is 1. The van der Waals surface area contributed by atoms with Crippen LogP contribution in [0.5, 0.6) is 0 Å². The van der Waals surface area contributed by atoms with Crippen LogP contribution in [0.4, 0.5) is 5.69 Å². The van der Waals surface area contributed by atoms with E-state index in [4.69, 9.17) is 5.14 Å². The van der Waals surface area contributed by atoms with Crippen LogP contribution in [0.1, 0.15) is 29.6 Å². The van der Waals surface area contributed by atoms with E-state index in [0.29, 0.717) is 15.9 Å². The molecule has 35 heavy (non-hydrogen) atoms. The summed E-state index contributed by atoms with van der Waals surface area (Å²) in [7, 11) is -2.68. The van der Waals surface area contributed by atoms with Crippen LogP contribution in [0.3, 0.4) is 0 Å². The lowest BCUT2D eigenvalue weighted by molar-refractivity contribution is -0.140. The molecule has 13 heteroatoms. The standard InChI is InChI=1S/C22H20N4O7S2/c1-33-20(29)10-11-25-16-7-6-15(35(23,31)32)12-17(16)34-22(25)24-21(30)13-2-4-14(5-3-13)26-18(27)8-9-19(26)28/h2-7,12H,8-11H2,1H3,(H2,23,31,32). The lowest BCUT2D eigenvalue weighted by atomic mass is 10.2. The third kappa shape index (κ3) is 5.06. The molecule has 0 spiro atoms. The Morgan fingerprint density at radius 2 is 1.74 bits per heavy atom. The zero-order chi connectivity index (χ0) is 25.3. The minimum atomic E-state index is -3.94. The highest BCUT2D eigenvalue weighted by molar-refractivity contribution is 7.89. The lowest BCUT2D eigenvalue weighted by Crippen LogP contribution is -2.28. The fraction of sp³-hybridized carbons (Fsp3) is 0.227. The van der Waals surface area contributed by atoms with Crippen molar-refractivity contribution in [2.24, 2.45) is 10.1 Å². The van der Waals surface area contributed by atoms with Crippen molar-refractivity contribution in [3.63, 3.8) is 0 Å². The van der Waals surface area contributed by atoms with Crippen LogP contribution in [0.15, 0.2) is 52.4 Å². The van der Waals surface area contributed by atoms with Gasteiger partial charge in [0.1, 0.15) is 0 Å². The SMILES string of the molecule is COC(=O)CCn1c(=NC(=O)c2ccc(N3C(=O)CCC3=O)cc2)sc2cc(S(N)(=O)=O)ccc21. The van der Waals surface area contributed by atoms with Gasteiger partial charge >= 0.3 is 5.97 Å². The number of fused-ring (bicyclic) bond motifs is 1. The van der Waals surface area contributed by atoms with Gasteiger partial charge in [-0.2, -0.15) is 4.99 Å². The molecule has 4 rings (SSSR count). The molecule has 11 nitrogen and oxygen atoms in total. The Bertz CT molecular complexity index is 1520. The number of amides is 3. The number of hydrogen-bond donors (Lipinski definition) is 1. The molecule has 0 aliphatic carbocycles. The van der Waals surface area contributed by atoms with E-state index in [1.54, 1.807) is 4.57 Å². The minimum Gasteiger partial charge on any atom is -0.469 e. The number of benzene rings is 2. The highest BCUT2D eigenvalue weighted by Gasteiger charge is 2.30. The molecule has 1 saturated heterocycles. The summed E-state index contributed by atoms with van der Waals surface area (Å²) in [6.45, 7) is 0.144. The summed E-state index contributed by atoms with van der Waals surface area (Å²) in [4.78, 5) is 53.9. The summed E-state index contributed by atoms with van der Waals surface area (Å²) < 4.78 is 30.3. The number of methoxy groups -OCH3 is 1. The third-order valence-corrected chi connectivity index (χ3v) is 7.32. The van der Waals surface area contributed by atoms with Gasteiger partial charge in [-0.15, -0.1) is 0 Å².